The van der Waals surface area contributed by atoms with Gasteiger partial charge in [0.1, 0.15) is 5.82 Å². The van der Waals surface area contributed by atoms with Crippen molar-refractivity contribution in [3.8, 4) is 0 Å². The van der Waals surface area contributed by atoms with Gasteiger partial charge in [-0.25, -0.2) is 9.78 Å². The van der Waals surface area contributed by atoms with Crippen LogP contribution in [0.25, 0.3) is 0 Å². The topological polar surface area (TPSA) is 66.0 Å². The number of urea groups is 1. The van der Waals surface area contributed by atoms with Crippen molar-refractivity contribution in [1.82, 2.24) is 15.6 Å². The third-order valence-electron chi connectivity index (χ3n) is 4.89. The Morgan fingerprint density at radius 2 is 2.04 bits per heavy atom. The SMILES string of the molecule is O=C(NCCc1ccc2c(n1)NCCC2)NCC1CCCCC1. The lowest BCUT2D eigenvalue weighted by molar-refractivity contribution is 0.236. The summed E-state index contributed by atoms with van der Waals surface area (Å²) in [4.78, 5) is 16.5. The molecular weight excluding hydrogens is 288 g/mol. The average Bonchev–Trinajstić information content (AvgIpc) is 2.61. The summed E-state index contributed by atoms with van der Waals surface area (Å²) in [6, 6.07) is 4.19. The van der Waals surface area contributed by atoms with Crippen LogP contribution in [0.3, 0.4) is 0 Å². The highest BCUT2D eigenvalue weighted by Gasteiger charge is 2.14. The zero-order chi connectivity index (χ0) is 15.9. The molecule has 0 unspecified atom stereocenters. The van der Waals surface area contributed by atoms with E-state index in [0.29, 0.717) is 12.5 Å². The Morgan fingerprint density at radius 1 is 1.17 bits per heavy atom. The van der Waals surface area contributed by atoms with E-state index in [2.05, 4.69) is 33.1 Å². The summed E-state index contributed by atoms with van der Waals surface area (Å²) in [6.07, 6.45) is 9.54. The molecule has 126 valence electrons. The van der Waals surface area contributed by atoms with Crippen molar-refractivity contribution in [2.24, 2.45) is 5.92 Å². The number of pyridine rings is 1. The lowest BCUT2D eigenvalue weighted by Gasteiger charge is -2.21. The van der Waals surface area contributed by atoms with Gasteiger partial charge in [0.25, 0.3) is 0 Å². The molecule has 5 nitrogen and oxygen atoms in total. The summed E-state index contributed by atoms with van der Waals surface area (Å²) in [5, 5.41) is 9.29. The molecule has 1 aliphatic carbocycles. The minimum atomic E-state index is -0.0494. The summed E-state index contributed by atoms with van der Waals surface area (Å²) in [7, 11) is 0. The van der Waals surface area contributed by atoms with E-state index in [-0.39, 0.29) is 6.03 Å². The van der Waals surface area contributed by atoms with Crippen molar-refractivity contribution in [1.29, 1.82) is 0 Å². The fourth-order valence-electron chi connectivity index (χ4n) is 3.50. The molecule has 3 rings (SSSR count). The molecule has 2 heterocycles. The van der Waals surface area contributed by atoms with Gasteiger partial charge in [0, 0.05) is 31.7 Å². The second-order valence-electron chi connectivity index (χ2n) is 6.73. The highest BCUT2D eigenvalue weighted by Crippen LogP contribution is 2.22. The second kappa shape index (κ2) is 8.18. The van der Waals surface area contributed by atoms with Gasteiger partial charge in [-0.05, 0) is 43.2 Å². The predicted octanol–water partition coefficient (Wildman–Crippen LogP) is 2.86. The molecule has 0 radical (unpaired) electrons. The molecule has 0 spiro atoms. The molecule has 0 aromatic carbocycles. The van der Waals surface area contributed by atoms with Crippen molar-refractivity contribution in [3.05, 3.63) is 23.4 Å². The molecule has 23 heavy (non-hydrogen) atoms. The number of aromatic nitrogens is 1. The van der Waals surface area contributed by atoms with E-state index >= 15 is 0 Å². The molecular formula is C18H28N4O. The van der Waals surface area contributed by atoms with Gasteiger partial charge < -0.3 is 16.0 Å². The lowest BCUT2D eigenvalue weighted by Crippen LogP contribution is -2.39. The van der Waals surface area contributed by atoms with Crippen LogP contribution < -0.4 is 16.0 Å². The molecule has 1 saturated carbocycles. The first-order valence-electron chi connectivity index (χ1n) is 9.05. The summed E-state index contributed by atoms with van der Waals surface area (Å²) in [6.45, 7) is 2.44. The molecule has 0 saturated heterocycles. The minimum Gasteiger partial charge on any atom is -0.370 e. The highest BCUT2D eigenvalue weighted by atomic mass is 16.2. The molecule has 5 heteroatoms. The number of rotatable bonds is 5. The molecule has 2 amide bonds. The van der Waals surface area contributed by atoms with Gasteiger partial charge in [0.05, 0.1) is 0 Å². The molecule has 3 N–H and O–H groups in total. The van der Waals surface area contributed by atoms with Crippen LogP contribution in [0, 0.1) is 5.92 Å². The average molecular weight is 316 g/mol. The van der Waals surface area contributed by atoms with E-state index in [9.17, 15) is 4.79 Å². The maximum Gasteiger partial charge on any atom is 0.314 e. The number of anilines is 1. The van der Waals surface area contributed by atoms with Gasteiger partial charge in [0.15, 0.2) is 0 Å². The second-order valence-corrected chi connectivity index (χ2v) is 6.73. The lowest BCUT2D eigenvalue weighted by atomic mass is 9.89. The number of carbonyl (C=O) groups excluding carboxylic acids is 1. The molecule has 1 aromatic heterocycles. The van der Waals surface area contributed by atoms with Crippen molar-refractivity contribution in [2.45, 2.75) is 51.4 Å². The number of hydrogen-bond acceptors (Lipinski definition) is 3. The molecule has 1 aliphatic heterocycles. The van der Waals surface area contributed by atoms with E-state index < -0.39 is 0 Å². The fourth-order valence-corrected chi connectivity index (χ4v) is 3.50. The number of aryl methyl sites for hydroxylation is 1. The maximum absolute atomic E-state index is 11.9. The largest absolute Gasteiger partial charge is 0.370 e. The number of carbonyl (C=O) groups is 1. The fraction of sp³-hybridized carbons (Fsp3) is 0.667. The Kier molecular flexibility index (Phi) is 5.72. The summed E-state index contributed by atoms with van der Waals surface area (Å²) >= 11 is 0. The Bertz CT molecular complexity index is 526. The third-order valence-corrected chi connectivity index (χ3v) is 4.89. The Morgan fingerprint density at radius 3 is 2.91 bits per heavy atom. The normalized spacial score (nSPS) is 17.9. The highest BCUT2D eigenvalue weighted by molar-refractivity contribution is 5.73. The molecule has 0 bridgehead atoms. The first kappa shape index (κ1) is 16.1. The van der Waals surface area contributed by atoms with Crippen LogP contribution in [-0.4, -0.2) is 30.6 Å². The quantitative estimate of drug-likeness (QED) is 0.782. The van der Waals surface area contributed by atoms with E-state index in [4.69, 9.17) is 0 Å². The molecule has 1 aromatic rings. The predicted molar refractivity (Wildman–Crippen MR) is 92.7 cm³/mol. The van der Waals surface area contributed by atoms with Crippen LogP contribution in [0.4, 0.5) is 10.6 Å². The molecule has 2 aliphatic rings. The van der Waals surface area contributed by atoms with Crippen LogP contribution in [0.1, 0.15) is 49.8 Å². The molecule has 0 atom stereocenters. The monoisotopic (exact) mass is 316 g/mol. The summed E-state index contributed by atoms with van der Waals surface area (Å²) in [5.74, 6) is 1.69. The number of fused-ring (bicyclic) bond motifs is 1. The first-order chi connectivity index (χ1) is 11.3. The van der Waals surface area contributed by atoms with E-state index in [1.807, 2.05) is 0 Å². The Hall–Kier alpha value is -1.78. The van der Waals surface area contributed by atoms with E-state index in [0.717, 1.165) is 37.4 Å². The van der Waals surface area contributed by atoms with Crippen molar-refractivity contribution >= 4 is 11.8 Å². The number of nitrogens with zero attached hydrogens (tertiary/aromatic N) is 1. The van der Waals surface area contributed by atoms with E-state index in [1.165, 1.54) is 44.1 Å². The van der Waals surface area contributed by atoms with Gasteiger partial charge in [-0.3, -0.25) is 0 Å². The standard InChI is InChI=1S/C18H28N4O/c23-18(21-13-14-5-2-1-3-6-14)20-12-10-16-9-8-15-7-4-11-19-17(15)22-16/h8-9,14H,1-7,10-13H2,(H,19,22)(H2,20,21,23). The Labute approximate surface area is 138 Å². The molecule has 1 fully saturated rings. The van der Waals surface area contributed by atoms with Crippen LogP contribution in [0.5, 0.6) is 0 Å². The van der Waals surface area contributed by atoms with Gasteiger partial charge in [-0.15, -0.1) is 0 Å². The van der Waals surface area contributed by atoms with Crippen molar-refractivity contribution < 1.29 is 4.79 Å². The van der Waals surface area contributed by atoms with Crippen LogP contribution in [-0.2, 0) is 12.8 Å². The van der Waals surface area contributed by atoms with Crippen LogP contribution in [0.15, 0.2) is 12.1 Å². The third kappa shape index (κ3) is 4.85. The number of hydrogen-bond donors (Lipinski definition) is 3. The van der Waals surface area contributed by atoms with Crippen molar-refractivity contribution in [2.75, 3.05) is 25.0 Å². The zero-order valence-electron chi connectivity index (χ0n) is 13.9. The zero-order valence-corrected chi connectivity index (χ0v) is 13.9. The van der Waals surface area contributed by atoms with E-state index in [1.54, 1.807) is 0 Å². The summed E-state index contributed by atoms with van der Waals surface area (Å²) < 4.78 is 0. The Balaban J connectivity index is 1.36. The minimum absolute atomic E-state index is 0.0494. The maximum atomic E-state index is 11.9. The van der Waals surface area contributed by atoms with Gasteiger partial charge >= 0.3 is 6.03 Å². The van der Waals surface area contributed by atoms with Gasteiger partial charge in [-0.1, -0.05) is 25.3 Å². The summed E-state index contributed by atoms with van der Waals surface area (Å²) in [5.41, 5.74) is 2.34. The van der Waals surface area contributed by atoms with Gasteiger partial charge in [0.2, 0.25) is 0 Å². The van der Waals surface area contributed by atoms with Crippen LogP contribution in [0.2, 0.25) is 0 Å². The van der Waals surface area contributed by atoms with Crippen LogP contribution >= 0.6 is 0 Å². The number of amides is 2. The van der Waals surface area contributed by atoms with Crippen molar-refractivity contribution in [3.63, 3.8) is 0 Å². The number of nitrogens with one attached hydrogen (secondary N) is 3. The van der Waals surface area contributed by atoms with Gasteiger partial charge in [-0.2, -0.15) is 0 Å². The smallest absolute Gasteiger partial charge is 0.314 e. The first-order valence-corrected chi connectivity index (χ1v) is 9.05.